The Morgan fingerprint density at radius 2 is 0.826 bits per heavy atom. The first kappa shape index (κ1) is 15.4. The highest BCUT2D eigenvalue weighted by atomic mass is 19.2. The summed E-state index contributed by atoms with van der Waals surface area (Å²) in [6, 6.07) is 1.28. The molecule has 9 heteroatoms. The van der Waals surface area contributed by atoms with E-state index in [1.165, 1.54) is 6.07 Å². The van der Waals surface area contributed by atoms with Gasteiger partial charge in [0.25, 0.3) is 0 Å². The van der Waals surface area contributed by atoms with E-state index in [0.717, 1.165) is 0 Å². The molecule has 23 heavy (non-hydrogen) atoms. The van der Waals surface area contributed by atoms with Crippen LogP contribution in [0.5, 0.6) is 0 Å². The van der Waals surface area contributed by atoms with Gasteiger partial charge in [0, 0.05) is 22.2 Å². The third-order valence-electron chi connectivity index (χ3n) is 3.24. The maximum atomic E-state index is 13.8. The Morgan fingerprint density at radius 1 is 0.391 bits per heavy atom. The average Bonchev–Trinajstić information content (AvgIpc) is 2.52. The molecule has 0 unspecified atom stereocenters. The Morgan fingerprint density at radius 3 is 1.39 bits per heavy atom. The van der Waals surface area contributed by atoms with Crippen LogP contribution in [0.4, 0.5) is 39.5 Å². The van der Waals surface area contributed by atoms with E-state index in [9.17, 15) is 39.5 Å². The number of rotatable bonds is 0. The van der Waals surface area contributed by atoms with Gasteiger partial charge in [-0.15, -0.1) is 0 Å². The highest BCUT2D eigenvalue weighted by molar-refractivity contribution is 6.08. The fraction of sp³-hybridized carbons (Fsp3) is 0. The molecule has 0 N–H and O–H groups in total. The first-order chi connectivity index (χ1) is 10.7. The minimum absolute atomic E-state index is 1.28. The normalized spacial score (nSPS) is 11.7. The van der Waals surface area contributed by atoms with Gasteiger partial charge in [-0.05, 0) is 0 Å². The molecule has 0 aliphatic rings. The Hall–Kier alpha value is -2.45. The molecule has 0 atom stereocenters. The van der Waals surface area contributed by atoms with Crippen molar-refractivity contribution in [2.75, 3.05) is 0 Å². The van der Waals surface area contributed by atoms with Crippen LogP contribution in [-0.4, -0.2) is 0 Å². The maximum Gasteiger partial charge on any atom is 0.198 e. The van der Waals surface area contributed by atoms with Crippen LogP contribution in [0.3, 0.4) is 0 Å². The summed E-state index contributed by atoms with van der Waals surface area (Å²) in [6.07, 6.45) is 0. The Labute approximate surface area is 120 Å². The van der Waals surface area contributed by atoms with Crippen molar-refractivity contribution < 1.29 is 39.5 Å². The third kappa shape index (κ3) is 1.82. The second-order valence-electron chi connectivity index (χ2n) is 4.45. The molecule has 0 nitrogen and oxygen atoms in total. The average molecular weight is 339 g/mol. The van der Waals surface area contributed by atoms with Gasteiger partial charge >= 0.3 is 0 Å². The molecule has 0 aliphatic heterocycles. The molecule has 1 radical (unpaired) electrons. The van der Waals surface area contributed by atoms with Crippen molar-refractivity contribution in [1.82, 2.24) is 0 Å². The lowest BCUT2D eigenvalue weighted by atomic mass is 9.98. The SMILES string of the molecule is Fc1[c]c2c(F)c(F)c3c(F)c(F)c(F)c(F)c3c2c(F)c1F. The lowest BCUT2D eigenvalue weighted by molar-refractivity contribution is 0.414. The summed E-state index contributed by atoms with van der Waals surface area (Å²) in [5, 5.41) is -6.31. The number of fused-ring (bicyclic) bond motifs is 3. The molecule has 0 spiro atoms. The zero-order valence-corrected chi connectivity index (χ0v) is 10.4. The van der Waals surface area contributed by atoms with E-state index in [4.69, 9.17) is 0 Å². The fourth-order valence-electron chi connectivity index (χ4n) is 2.23. The molecule has 0 aromatic heterocycles. The first-order valence-corrected chi connectivity index (χ1v) is 5.70. The zero-order chi connectivity index (χ0) is 17.2. The van der Waals surface area contributed by atoms with Gasteiger partial charge in [0.15, 0.2) is 52.4 Å². The summed E-state index contributed by atoms with van der Waals surface area (Å²) in [7, 11) is 0. The molecule has 0 bridgehead atoms. The van der Waals surface area contributed by atoms with Gasteiger partial charge < -0.3 is 0 Å². The summed E-state index contributed by atoms with van der Waals surface area (Å²) in [5.41, 5.74) is 0. The van der Waals surface area contributed by atoms with Gasteiger partial charge in [-0.1, -0.05) is 0 Å². The molecule has 0 heterocycles. The quantitative estimate of drug-likeness (QED) is 0.233. The van der Waals surface area contributed by atoms with Crippen molar-refractivity contribution in [3.05, 3.63) is 58.4 Å². The van der Waals surface area contributed by atoms with Crippen molar-refractivity contribution in [2.24, 2.45) is 0 Å². The number of benzene rings is 3. The maximum absolute atomic E-state index is 13.8. The van der Waals surface area contributed by atoms with E-state index in [2.05, 4.69) is 0 Å². The largest absolute Gasteiger partial charge is 0.203 e. The molecule has 0 saturated heterocycles. The van der Waals surface area contributed by atoms with Gasteiger partial charge in [0.1, 0.15) is 0 Å². The second kappa shape index (κ2) is 4.77. The minimum atomic E-state index is -2.47. The predicted octanol–water partition coefficient (Wildman–Crippen LogP) is 5.05. The monoisotopic (exact) mass is 339 g/mol. The Balaban J connectivity index is 2.82. The Kier molecular flexibility index (Phi) is 3.20. The highest BCUT2D eigenvalue weighted by Gasteiger charge is 2.30. The van der Waals surface area contributed by atoms with Crippen LogP contribution in [0.2, 0.25) is 0 Å². The standard InChI is InChI=1S/C14F9/c15-3-1-2-4(9(18)8(3)17)5-6(11(20)7(2)16)12(21)14(23)13(22)10(5)19. The third-order valence-corrected chi connectivity index (χ3v) is 3.24. The van der Waals surface area contributed by atoms with Crippen molar-refractivity contribution in [3.8, 4) is 0 Å². The van der Waals surface area contributed by atoms with Crippen molar-refractivity contribution in [1.29, 1.82) is 0 Å². The molecule has 0 amide bonds. The van der Waals surface area contributed by atoms with Crippen LogP contribution in [0.25, 0.3) is 21.5 Å². The van der Waals surface area contributed by atoms with Gasteiger partial charge in [-0.25, -0.2) is 39.5 Å². The highest BCUT2D eigenvalue weighted by Crippen LogP contribution is 2.38. The van der Waals surface area contributed by atoms with Gasteiger partial charge in [-0.3, -0.25) is 0 Å². The molecule has 0 saturated carbocycles. The van der Waals surface area contributed by atoms with Crippen molar-refractivity contribution in [2.45, 2.75) is 0 Å². The van der Waals surface area contributed by atoms with E-state index in [1.807, 2.05) is 0 Å². The molecule has 0 fully saturated rings. The van der Waals surface area contributed by atoms with E-state index >= 15 is 0 Å². The molecular weight excluding hydrogens is 339 g/mol. The molecule has 0 aliphatic carbocycles. The molecule has 3 aromatic rings. The van der Waals surface area contributed by atoms with E-state index in [-0.39, 0.29) is 0 Å². The fourth-order valence-corrected chi connectivity index (χ4v) is 2.23. The molecule has 3 aromatic carbocycles. The van der Waals surface area contributed by atoms with Gasteiger partial charge in [0.2, 0.25) is 0 Å². The molecule has 3 rings (SSSR count). The van der Waals surface area contributed by atoms with Crippen LogP contribution >= 0.6 is 0 Å². The van der Waals surface area contributed by atoms with E-state index in [0.29, 0.717) is 0 Å². The summed E-state index contributed by atoms with van der Waals surface area (Å²) >= 11 is 0. The lowest BCUT2D eigenvalue weighted by Gasteiger charge is -2.11. The van der Waals surface area contributed by atoms with Crippen LogP contribution in [-0.2, 0) is 0 Å². The van der Waals surface area contributed by atoms with Gasteiger partial charge in [0.05, 0.1) is 5.39 Å². The topological polar surface area (TPSA) is 0 Å². The number of halogens is 9. The smallest absolute Gasteiger partial charge is 0.198 e. The second-order valence-corrected chi connectivity index (χ2v) is 4.45. The minimum Gasteiger partial charge on any atom is -0.203 e. The summed E-state index contributed by atoms with van der Waals surface area (Å²) in [4.78, 5) is 0. The molecular formula is C14F9. The summed E-state index contributed by atoms with van der Waals surface area (Å²) in [5.74, 6) is -20.5. The van der Waals surface area contributed by atoms with Gasteiger partial charge in [-0.2, -0.15) is 0 Å². The van der Waals surface area contributed by atoms with Crippen molar-refractivity contribution in [3.63, 3.8) is 0 Å². The molecule has 119 valence electrons. The van der Waals surface area contributed by atoms with E-state index < -0.39 is 73.9 Å². The van der Waals surface area contributed by atoms with E-state index in [1.54, 1.807) is 0 Å². The number of hydrogen-bond acceptors (Lipinski definition) is 0. The van der Waals surface area contributed by atoms with Crippen LogP contribution < -0.4 is 0 Å². The van der Waals surface area contributed by atoms with Crippen LogP contribution in [0.15, 0.2) is 0 Å². The zero-order valence-electron chi connectivity index (χ0n) is 10.4. The van der Waals surface area contributed by atoms with Crippen LogP contribution in [0, 0.1) is 58.4 Å². The first-order valence-electron chi connectivity index (χ1n) is 5.70. The summed E-state index contributed by atoms with van der Waals surface area (Å²) in [6.45, 7) is 0. The van der Waals surface area contributed by atoms with Crippen LogP contribution in [0.1, 0.15) is 0 Å². The lowest BCUT2D eigenvalue weighted by Crippen LogP contribution is -2.05. The predicted molar refractivity (Wildman–Crippen MR) is 59.9 cm³/mol. The number of hydrogen-bond donors (Lipinski definition) is 0. The van der Waals surface area contributed by atoms with Crippen molar-refractivity contribution >= 4 is 21.5 Å². The summed E-state index contributed by atoms with van der Waals surface area (Å²) < 4.78 is 122. The Bertz CT molecular complexity index is 1010.